The number of aromatic nitrogens is 1. The Bertz CT molecular complexity index is 743. The van der Waals surface area contributed by atoms with Crippen molar-refractivity contribution in [1.29, 1.82) is 0 Å². The molecule has 2 aromatic rings. The van der Waals surface area contributed by atoms with E-state index in [0.29, 0.717) is 18.1 Å². The van der Waals surface area contributed by atoms with Crippen LogP contribution in [0.3, 0.4) is 0 Å². The van der Waals surface area contributed by atoms with E-state index in [1.807, 2.05) is 44.3 Å². The number of carbonyl (C=O) groups excluding carboxylic acids is 2. The van der Waals surface area contributed by atoms with Gasteiger partial charge in [-0.2, -0.15) is 0 Å². The molecule has 1 aliphatic heterocycles. The summed E-state index contributed by atoms with van der Waals surface area (Å²) >= 11 is 1.63. The van der Waals surface area contributed by atoms with Crippen molar-refractivity contribution in [3.05, 3.63) is 36.0 Å². The monoisotopic (exact) mass is 345 g/mol. The van der Waals surface area contributed by atoms with Gasteiger partial charge in [-0.25, -0.2) is 0 Å². The normalized spacial score (nSPS) is 18.8. The molecular weight excluding hydrogens is 322 g/mol. The minimum absolute atomic E-state index is 0.00838. The highest BCUT2D eigenvalue weighted by atomic mass is 32.2. The molecule has 2 N–H and O–H groups in total. The summed E-state index contributed by atoms with van der Waals surface area (Å²) in [6.07, 6.45) is 3.09. The zero-order valence-corrected chi connectivity index (χ0v) is 14.9. The van der Waals surface area contributed by atoms with Crippen molar-refractivity contribution in [2.45, 2.75) is 38.8 Å². The zero-order valence-electron chi connectivity index (χ0n) is 14.0. The molecule has 0 saturated carbocycles. The Balaban J connectivity index is 1.70. The molecule has 128 valence electrons. The van der Waals surface area contributed by atoms with Crippen LogP contribution >= 0.6 is 11.8 Å². The van der Waals surface area contributed by atoms with Gasteiger partial charge in [0.05, 0.1) is 12.3 Å². The van der Waals surface area contributed by atoms with Crippen LogP contribution < -0.4 is 5.32 Å². The van der Waals surface area contributed by atoms with Crippen molar-refractivity contribution in [1.82, 2.24) is 15.2 Å². The van der Waals surface area contributed by atoms with E-state index in [1.54, 1.807) is 16.7 Å². The number of amides is 2. The van der Waals surface area contributed by atoms with Gasteiger partial charge in [-0.1, -0.05) is 25.1 Å². The van der Waals surface area contributed by atoms with Gasteiger partial charge in [-0.3, -0.25) is 9.59 Å². The lowest BCUT2D eigenvalue weighted by Crippen LogP contribution is -2.49. The molecule has 2 atom stereocenters. The Morgan fingerprint density at radius 1 is 1.42 bits per heavy atom. The molecular formula is C18H23N3O2S. The van der Waals surface area contributed by atoms with Crippen molar-refractivity contribution < 1.29 is 9.59 Å². The molecule has 1 aromatic carbocycles. The van der Waals surface area contributed by atoms with E-state index in [1.165, 1.54) is 0 Å². The third-order valence-electron chi connectivity index (χ3n) is 4.52. The average molecular weight is 345 g/mol. The van der Waals surface area contributed by atoms with Crippen molar-refractivity contribution in [2.24, 2.45) is 0 Å². The number of aromatic amines is 1. The fourth-order valence-corrected chi connectivity index (χ4v) is 4.07. The van der Waals surface area contributed by atoms with Gasteiger partial charge in [0.25, 0.3) is 0 Å². The fraction of sp³-hybridized carbons (Fsp3) is 0.444. The summed E-state index contributed by atoms with van der Waals surface area (Å²) in [7, 11) is 0. The van der Waals surface area contributed by atoms with Crippen LogP contribution in [0.4, 0.5) is 0 Å². The van der Waals surface area contributed by atoms with Crippen LogP contribution in [0.1, 0.15) is 25.8 Å². The maximum atomic E-state index is 12.7. The lowest BCUT2D eigenvalue weighted by molar-refractivity contribution is -0.137. The third-order valence-corrected chi connectivity index (χ3v) is 5.54. The molecule has 0 aliphatic carbocycles. The number of hydrogen-bond acceptors (Lipinski definition) is 3. The van der Waals surface area contributed by atoms with Crippen LogP contribution in [-0.4, -0.2) is 45.4 Å². The standard InChI is InChI=1S/C18H23N3O2S/c1-3-12(2)20-18(23)16-10-24-11-21(16)17(22)8-13-9-19-15-7-5-4-6-14(13)15/h4-7,9,12,16,19H,3,8,10-11H2,1-2H3,(H,20,23)/t12-,16+/m1/s1. The summed E-state index contributed by atoms with van der Waals surface area (Å²) in [5, 5.41) is 4.06. The highest BCUT2D eigenvalue weighted by Crippen LogP contribution is 2.24. The van der Waals surface area contributed by atoms with Crippen LogP contribution in [0.2, 0.25) is 0 Å². The number of para-hydroxylation sites is 1. The molecule has 0 spiro atoms. The minimum Gasteiger partial charge on any atom is -0.361 e. The topological polar surface area (TPSA) is 65.2 Å². The SMILES string of the molecule is CC[C@@H](C)NC(=O)[C@@H]1CSCN1C(=O)Cc1c[nH]c2ccccc12. The van der Waals surface area contributed by atoms with Crippen LogP contribution in [0, 0.1) is 0 Å². The number of thioether (sulfide) groups is 1. The summed E-state index contributed by atoms with van der Waals surface area (Å²) in [4.78, 5) is 30.1. The highest BCUT2D eigenvalue weighted by Gasteiger charge is 2.34. The Labute approximate surface area is 146 Å². The molecule has 1 saturated heterocycles. The van der Waals surface area contributed by atoms with E-state index >= 15 is 0 Å². The Kier molecular flexibility index (Phi) is 5.14. The Hall–Kier alpha value is -1.95. The predicted molar refractivity (Wildman–Crippen MR) is 97.9 cm³/mol. The van der Waals surface area contributed by atoms with E-state index in [4.69, 9.17) is 0 Å². The van der Waals surface area contributed by atoms with Crippen molar-refractivity contribution in [2.75, 3.05) is 11.6 Å². The number of fused-ring (bicyclic) bond motifs is 1. The molecule has 24 heavy (non-hydrogen) atoms. The van der Waals surface area contributed by atoms with Gasteiger partial charge in [-0.05, 0) is 25.0 Å². The number of carbonyl (C=O) groups is 2. The van der Waals surface area contributed by atoms with Gasteiger partial charge in [0, 0.05) is 28.9 Å². The third kappa shape index (κ3) is 3.43. The first-order chi connectivity index (χ1) is 11.6. The number of benzene rings is 1. The second kappa shape index (κ2) is 7.30. The van der Waals surface area contributed by atoms with Crippen molar-refractivity contribution in [3.8, 4) is 0 Å². The van der Waals surface area contributed by atoms with E-state index < -0.39 is 0 Å². The maximum absolute atomic E-state index is 12.7. The Morgan fingerprint density at radius 3 is 3.00 bits per heavy atom. The fourth-order valence-electron chi connectivity index (χ4n) is 2.89. The van der Waals surface area contributed by atoms with Gasteiger partial charge < -0.3 is 15.2 Å². The van der Waals surface area contributed by atoms with Crippen LogP contribution in [0.5, 0.6) is 0 Å². The lowest BCUT2D eigenvalue weighted by atomic mass is 10.1. The first-order valence-corrected chi connectivity index (χ1v) is 9.48. The second-order valence-electron chi connectivity index (χ2n) is 6.23. The van der Waals surface area contributed by atoms with Gasteiger partial charge in [-0.15, -0.1) is 11.8 Å². The molecule has 0 unspecified atom stereocenters. The van der Waals surface area contributed by atoms with Gasteiger partial charge in [0.1, 0.15) is 6.04 Å². The first-order valence-electron chi connectivity index (χ1n) is 8.32. The number of hydrogen-bond donors (Lipinski definition) is 2. The van der Waals surface area contributed by atoms with Crippen LogP contribution in [0.15, 0.2) is 30.5 Å². The highest BCUT2D eigenvalue weighted by molar-refractivity contribution is 7.99. The van der Waals surface area contributed by atoms with Gasteiger partial charge in [0.2, 0.25) is 11.8 Å². The molecule has 6 heteroatoms. The van der Waals surface area contributed by atoms with Crippen LogP contribution in [-0.2, 0) is 16.0 Å². The average Bonchev–Trinajstić information content (AvgIpc) is 3.22. The van der Waals surface area contributed by atoms with Gasteiger partial charge >= 0.3 is 0 Å². The van der Waals surface area contributed by atoms with Gasteiger partial charge in [0.15, 0.2) is 0 Å². The summed E-state index contributed by atoms with van der Waals surface area (Å²) in [5.74, 6) is 1.22. The summed E-state index contributed by atoms with van der Waals surface area (Å²) in [6, 6.07) is 7.72. The number of nitrogens with zero attached hydrogens (tertiary/aromatic N) is 1. The van der Waals surface area contributed by atoms with E-state index in [9.17, 15) is 9.59 Å². The second-order valence-corrected chi connectivity index (χ2v) is 7.23. The summed E-state index contributed by atoms with van der Waals surface area (Å²) < 4.78 is 0. The molecule has 3 rings (SSSR count). The van der Waals surface area contributed by atoms with Crippen LogP contribution in [0.25, 0.3) is 10.9 Å². The maximum Gasteiger partial charge on any atom is 0.243 e. The lowest BCUT2D eigenvalue weighted by Gasteiger charge is -2.24. The molecule has 1 fully saturated rings. The zero-order chi connectivity index (χ0) is 17.1. The predicted octanol–water partition coefficient (Wildman–Crippen LogP) is 2.53. The largest absolute Gasteiger partial charge is 0.361 e. The smallest absolute Gasteiger partial charge is 0.243 e. The molecule has 0 bridgehead atoms. The van der Waals surface area contributed by atoms with E-state index in [-0.39, 0.29) is 23.9 Å². The first kappa shape index (κ1) is 16.9. The van der Waals surface area contributed by atoms with E-state index in [2.05, 4.69) is 10.3 Å². The summed E-state index contributed by atoms with van der Waals surface area (Å²) in [5.41, 5.74) is 2.01. The summed E-state index contributed by atoms with van der Waals surface area (Å²) in [6.45, 7) is 4.02. The molecule has 0 radical (unpaired) electrons. The molecule has 2 amide bonds. The molecule has 1 aliphatic rings. The van der Waals surface area contributed by atoms with Crippen molar-refractivity contribution in [3.63, 3.8) is 0 Å². The number of nitrogens with one attached hydrogen (secondary N) is 2. The molecule has 1 aromatic heterocycles. The minimum atomic E-state index is -0.360. The van der Waals surface area contributed by atoms with E-state index in [0.717, 1.165) is 22.9 Å². The van der Waals surface area contributed by atoms with Crippen molar-refractivity contribution >= 4 is 34.5 Å². The quantitative estimate of drug-likeness (QED) is 0.875. The number of rotatable bonds is 5. The number of H-pyrrole nitrogens is 1. The molecule has 5 nitrogen and oxygen atoms in total. The Morgan fingerprint density at radius 2 is 2.21 bits per heavy atom. The molecule has 2 heterocycles.